The summed E-state index contributed by atoms with van der Waals surface area (Å²) in [7, 11) is 1.33. The molecule has 3 rings (SSSR count). The Balaban J connectivity index is 2.07. The van der Waals surface area contributed by atoms with Gasteiger partial charge in [0, 0.05) is 5.69 Å². The van der Waals surface area contributed by atoms with Crippen molar-refractivity contribution in [3.8, 4) is 6.07 Å². The number of aromatic nitrogens is 3. The molecule has 132 valence electrons. The molecule has 0 radical (unpaired) electrons. The molecule has 0 unspecified atom stereocenters. The molecule has 26 heavy (non-hydrogen) atoms. The minimum absolute atomic E-state index is 0.102. The zero-order valence-electron chi connectivity index (χ0n) is 14.6. The third-order valence-corrected chi connectivity index (χ3v) is 4.66. The number of aryl methyl sites for hydroxylation is 2. The number of hydrogen-bond acceptors (Lipinski definition) is 7. The number of nitrogens with one attached hydrogen (secondary N) is 2. The van der Waals surface area contributed by atoms with Crippen LogP contribution in [0.5, 0.6) is 0 Å². The van der Waals surface area contributed by atoms with Crippen molar-refractivity contribution >= 4 is 40.3 Å². The van der Waals surface area contributed by atoms with Gasteiger partial charge in [0.05, 0.1) is 28.8 Å². The minimum Gasteiger partial charge on any atom is -0.468 e. The fraction of sp³-hybridized carbons (Fsp3) is 0.222. The predicted octanol–water partition coefficient (Wildman–Crippen LogP) is 3.46. The first-order chi connectivity index (χ1) is 12.5. The van der Waals surface area contributed by atoms with Crippen LogP contribution in [0, 0.1) is 25.2 Å². The summed E-state index contributed by atoms with van der Waals surface area (Å²) < 4.78 is 4.66. The summed E-state index contributed by atoms with van der Waals surface area (Å²) in [5.41, 5.74) is 2.94. The van der Waals surface area contributed by atoms with Gasteiger partial charge in [0.15, 0.2) is 0 Å². The second kappa shape index (κ2) is 7.45. The van der Waals surface area contributed by atoms with E-state index in [1.54, 1.807) is 6.92 Å². The third kappa shape index (κ3) is 3.63. The van der Waals surface area contributed by atoms with Crippen LogP contribution in [0.1, 0.15) is 17.0 Å². The highest BCUT2D eigenvalue weighted by molar-refractivity contribution is 8.00. The molecule has 0 saturated heterocycles. The maximum absolute atomic E-state index is 11.4. The summed E-state index contributed by atoms with van der Waals surface area (Å²) in [6.07, 6.45) is 0. The lowest BCUT2D eigenvalue weighted by atomic mass is 10.2. The summed E-state index contributed by atoms with van der Waals surface area (Å²) in [6, 6.07) is 10.1. The summed E-state index contributed by atoms with van der Waals surface area (Å²) in [4.78, 5) is 23.4. The van der Waals surface area contributed by atoms with Crippen molar-refractivity contribution in [1.29, 1.82) is 5.26 Å². The van der Waals surface area contributed by atoms with Gasteiger partial charge in [0.2, 0.25) is 0 Å². The molecular formula is C18H17N5O2S. The van der Waals surface area contributed by atoms with Crippen LogP contribution < -0.4 is 5.32 Å². The molecule has 2 aromatic heterocycles. The minimum atomic E-state index is -0.363. The van der Waals surface area contributed by atoms with Gasteiger partial charge in [0.25, 0.3) is 0 Å². The van der Waals surface area contributed by atoms with Crippen LogP contribution in [0.4, 0.5) is 11.5 Å². The van der Waals surface area contributed by atoms with E-state index in [0.717, 1.165) is 11.3 Å². The van der Waals surface area contributed by atoms with Gasteiger partial charge in [-0.15, -0.1) is 0 Å². The topological polar surface area (TPSA) is 104 Å². The summed E-state index contributed by atoms with van der Waals surface area (Å²) in [5, 5.41) is 14.1. The van der Waals surface area contributed by atoms with Gasteiger partial charge < -0.3 is 15.0 Å². The number of aromatic amines is 1. The number of H-pyrrole nitrogens is 1. The monoisotopic (exact) mass is 367 g/mol. The molecule has 3 aromatic rings. The lowest BCUT2D eigenvalue weighted by Gasteiger charge is -2.08. The molecule has 2 heterocycles. The van der Waals surface area contributed by atoms with Crippen LogP contribution in [0.25, 0.3) is 11.0 Å². The van der Waals surface area contributed by atoms with Gasteiger partial charge in [-0.05, 0) is 31.5 Å². The molecule has 0 atom stereocenters. The van der Waals surface area contributed by atoms with Crippen LogP contribution in [-0.2, 0) is 9.53 Å². The smallest absolute Gasteiger partial charge is 0.316 e. The van der Waals surface area contributed by atoms with Crippen molar-refractivity contribution in [1.82, 2.24) is 15.0 Å². The zero-order chi connectivity index (χ0) is 18.7. The Morgan fingerprint density at radius 2 is 2.19 bits per heavy atom. The molecule has 7 nitrogen and oxygen atoms in total. The highest BCUT2D eigenvalue weighted by Gasteiger charge is 2.19. The van der Waals surface area contributed by atoms with Crippen molar-refractivity contribution in [3.63, 3.8) is 0 Å². The van der Waals surface area contributed by atoms with Gasteiger partial charge >= 0.3 is 5.97 Å². The second-order valence-electron chi connectivity index (χ2n) is 5.64. The van der Waals surface area contributed by atoms with Crippen molar-refractivity contribution < 1.29 is 9.53 Å². The Bertz CT molecular complexity index is 1020. The molecule has 0 aliphatic carbocycles. The normalized spacial score (nSPS) is 10.5. The Kier molecular flexibility index (Phi) is 5.09. The number of fused-ring (bicyclic) bond motifs is 1. The van der Waals surface area contributed by atoms with Gasteiger partial charge in [-0.2, -0.15) is 5.26 Å². The quantitative estimate of drug-likeness (QED) is 0.526. The molecule has 0 bridgehead atoms. The van der Waals surface area contributed by atoms with Crippen LogP contribution in [-0.4, -0.2) is 33.8 Å². The fourth-order valence-electron chi connectivity index (χ4n) is 2.54. The van der Waals surface area contributed by atoms with Crippen LogP contribution in [0.3, 0.4) is 0 Å². The third-order valence-electron chi connectivity index (χ3n) is 3.68. The molecule has 0 aliphatic rings. The standard InChI is InChI=1S/C18H17N5O2S/c1-10-5-4-6-12(7-10)22-16-15-13(8-19)18(26-9-14(24)25-3)23-17(15)21-11(2)20-16/h4-7H,9H2,1-3H3,(H2,20,21,22,23). The number of thioether (sulfide) groups is 1. The number of benzene rings is 1. The first-order valence-corrected chi connectivity index (χ1v) is 8.84. The van der Waals surface area contributed by atoms with Crippen LogP contribution in [0.2, 0.25) is 0 Å². The van der Waals surface area contributed by atoms with Crippen molar-refractivity contribution in [2.45, 2.75) is 18.9 Å². The van der Waals surface area contributed by atoms with E-state index in [4.69, 9.17) is 0 Å². The maximum Gasteiger partial charge on any atom is 0.316 e. The molecule has 2 N–H and O–H groups in total. The molecular weight excluding hydrogens is 350 g/mol. The van der Waals surface area contributed by atoms with E-state index >= 15 is 0 Å². The van der Waals surface area contributed by atoms with Gasteiger partial charge in [0.1, 0.15) is 23.4 Å². The SMILES string of the molecule is COC(=O)CSc1[nH]c2nc(C)nc(Nc3cccc(C)c3)c2c1C#N. The number of rotatable bonds is 5. The Labute approximate surface area is 154 Å². The molecule has 8 heteroatoms. The lowest BCUT2D eigenvalue weighted by molar-refractivity contribution is -0.137. The highest BCUT2D eigenvalue weighted by Crippen LogP contribution is 2.33. The van der Waals surface area contributed by atoms with Gasteiger partial charge in [-0.3, -0.25) is 4.79 Å². The van der Waals surface area contributed by atoms with Gasteiger partial charge in [-0.25, -0.2) is 9.97 Å². The van der Waals surface area contributed by atoms with E-state index in [1.807, 2.05) is 31.2 Å². The van der Waals surface area contributed by atoms with Crippen molar-refractivity contribution in [2.24, 2.45) is 0 Å². The van der Waals surface area contributed by atoms with Crippen molar-refractivity contribution in [3.05, 3.63) is 41.2 Å². The highest BCUT2D eigenvalue weighted by atomic mass is 32.2. The van der Waals surface area contributed by atoms with E-state index < -0.39 is 0 Å². The number of carbonyl (C=O) groups is 1. The number of ether oxygens (including phenoxy) is 1. The number of methoxy groups -OCH3 is 1. The summed E-state index contributed by atoms with van der Waals surface area (Å²) >= 11 is 1.21. The number of carbonyl (C=O) groups excluding carboxylic acids is 1. The fourth-order valence-corrected chi connectivity index (χ4v) is 3.38. The van der Waals surface area contributed by atoms with E-state index in [-0.39, 0.29) is 11.7 Å². The lowest BCUT2D eigenvalue weighted by Crippen LogP contribution is -2.03. The van der Waals surface area contributed by atoms with E-state index in [9.17, 15) is 10.1 Å². The first kappa shape index (κ1) is 17.8. The van der Waals surface area contributed by atoms with Gasteiger partial charge in [-0.1, -0.05) is 23.9 Å². The summed E-state index contributed by atoms with van der Waals surface area (Å²) in [5.74, 6) is 0.863. The van der Waals surface area contributed by atoms with Crippen LogP contribution in [0.15, 0.2) is 29.3 Å². The number of anilines is 2. The predicted molar refractivity (Wildman–Crippen MR) is 101 cm³/mol. The van der Waals surface area contributed by atoms with E-state index in [0.29, 0.717) is 33.3 Å². The number of esters is 1. The molecule has 0 fully saturated rings. The Hall–Kier alpha value is -3.05. The second-order valence-corrected chi connectivity index (χ2v) is 6.63. The molecule has 0 amide bonds. The number of nitrogens with zero attached hydrogens (tertiary/aromatic N) is 3. The first-order valence-electron chi connectivity index (χ1n) is 7.85. The molecule has 0 spiro atoms. The maximum atomic E-state index is 11.4. The van der Waals surface area contributed by atoms with Crippen LogP contribution >= 0.6 is 11.8 Å². The average Bonchev–Trinajstić information content (AvgIpc) is 2.97. The Morgan fingerprint density at radius 3 is 2.88 bits per heavy atom. The Morgan fingerprint density at radius 1 is 1.38 bits per heavy atom. The zero-order valence-corrected chi connectivity index (χ0v) is 15.4. The molecule has 1 aromatic carbocycles. The molecule has 0 aliphatic heterocycles. The van der Waals surface area contributed by atoms with E-state index in [2.05, 4.69) is 31.1 Å². The average molecular weight is 367 g/mol. The van der Waals surface area contributed by atoms with E-state index in [1.165, 1.54) is 18.9 Å². The largest absolute Gasteiger partial charge is 0.468 e. The number of hydrogen-bond donors (Lipinski definition) is 2. The van der Waals surface area contributed by atoms with Crippen molar-refractivity contribution in [2.75, 3.05) is 18.2 Å². The molecule has 0 saturated carbocycles. The number of nitriles is 1. The summed E-state index contributed by atoms with van der Waals surface area (Å²) in [6.45, 7) is 3.79.